The van der Waals surface area contributed by atoms with Gasteiger partial charge in [0, 0.05) is 19.3 Å². The van der Waals surface area contributed by atoms with Crippen molar-refractivity contribution in [3.05, 3.63) is 0 Å². The minimum atomic E-state index is -0.758. The van der Waals surface area contributed by atoms with Crippen molar-refractivity contribution in [3.8, 4) is 0 Å². The normalized spacial score (nSPS) is 12.5. The third-order valence-electron chi connectivity index (χ3n) is 10.9. The van der Waals surface area contributed by atoms with Crippen LogP contribution < -0.4 is 0 Å². The predicted octanol–water partition coefficient (Wildman–Crippen LogP) is 14.7. The molecule has 0 rings (SSSR count). The summed E-state index contributed by atoms with van der Waals surface area (Å²) in [5.74, 6) is 0.00274. The Morgan fingerprint density at radius 3 is 0.981 bits per heavy atom. The molecule has 0 aliphatic carbocycles. The molecule has 0 bridgehead atoms. The number of hydrogen-bond donors (Lipinski definition) is 0. The lowest BCUT2D eigenvalue weighted by molar-refractivity contribution is -0.167. The highest BCUT2D eigenvalue weighted by atomic mass is 16.6. The number of carbonyl (C=O) groups is 3. The Labute approximate surface area is 329 Å². The molecule has 0 heterocycles. The maximum atomic E-state index is 12.5. The zero-order valence-electron chi connectivity index (χ0n) is 36.0. The molecule has 1 unspecified atom stereocenters. The van der Waals surface area contributed by atoms with E-state index in [4.69, 9.17) is 14.2 Å². The Kier molecular flexibility index (Phi) is 40.3. The van der Waals surface area contributed by atoms with E-state index in [0.29, 0.717) is 19.3 Å². The molecule has 0 amide bonds. The van der Waals surface area contributed by atoms with E-state index in [9.17, 15) is 14.4 Å². The van der Waals surface area contributed by atoms with Crippen molar-refractivity contribution in [1.29, 1.82) is 0 Å². The van der Waals surface area contributed by atoms with Gasteiger partial charge in [-0.25, -0.2) is 0 Å². The smallest absolute Gasteiger partial charge is 0.306 e. The fraction of sp³-hybridized carbons (Fsp3) is 0.936. The Hall–Kier alpha value is -1.59. The van der Waals surface area contributed by atoms with Crippen LogP contribution in [0.1, 0.15) is 259 Å². The maximum absolute atomic E-state index is 12.5. The molecular formula is C47H90O6. The summed E-state index contributed by atoms with van der Waals surface area (Å²) in [5.41, 5.74) is 0. The standard InChI is InChI=1S/C47H90O6/c1-5-8-10-12-13-14-15-16-17-18-19-20-24-27-31-34-38-45(48)51-41-44(53-47(50)40-36-29-11-9-6-2)42-52-46(49)39-35-32-28-25-22-21-23-26-30-33-37-43(4)7-3/h43-44H,5-42H2,1-4H3/t43?,44-/m1/s1. The number of hydrogen-bond acceptors (Lipinski definition) is 6. The van der Waals surface area contributed by atoms with Crippen LogP contribution in [0, 0.1) is 5.92 Å². The molecule has 2 atom stereocenters. The van der Waals surface area contributed by atoms with Crippen molar-refractivity contribution in [2.24, 2.45) is 5.92 Å². The van der Waals surface area contributed by atoms with Gasteiger partial charge < -0.3 is 14.2 Å². The molecule has 0 aromatic rings. The van der Waals surface area contributed by atoms with Crippen LogP contribution in [0.5, 0.6) is 0 Å². The van der Waals surface area contributed by atoms with Crippen molar-refractivity contribution >= 4 is 17.9 Å². The van der Waals surface area contributed by atoms with Gasteiger partial charge in [-0.2, -0.15) is 0 Å². The van der Waals surface area contributed by atoms with Gasteiger partial charge in [0.15, 0.2) is 6.10 Å². The topological polar surface area (TPSA) is 78.9 Å². The van der Waals surface area contributed by atoms with Crippen molar-refractivity contribution in [1.82, 2.24) is 0 Å². The molecule has 0 aliphatic rings. The number of unbranched alkanes of at least 4 members (excludes halogenated alkanes) is 28. The molecule has 0 aliphatic heterocycles. The van der Waals surface area contributed by atoms with Gasteiger partial charge >= 0.3 is 17.9 Å². The average molecular weight is 751 g/mol. The number of carbonyl (C=O) groups excluding carboxylic acids is 3. The number of ether oxygens (including phenoxy) is 3. The van der Waals surface area contributed by atoms with E-state index < -0.39 is 6.10 Å². The zero-order valence-corrected chi connectivity index (χ0v) is 36.0. The first-order valence-corrected chi connectivity index (χ1v) is 23.4. The molecule has 6 nitrogen and oxygen atoms in total. The van der Waals surface area contributed by atoms with E-state index in [-0.39, 0.29) is 31.1 Å². The third kappa shape index (κ3) is 39.9. The first-order valence-electron chi connectivity index (χ1n) is 23.4. The summed E-state index contributed by atoms with van der Waals surface area (Å²) < 4.78 is 16.6. The summed E-state index contributed by atoms with van der Waals surface area (Å²) in [6.45, 7) is 8.95. The Bertz CT molecular complexity index is 798. The highest BCUT2D eigenvalue weighted by Crippen LogP contribution is 2.17. The Morgan fingerprint density at radius 2 is 0.660 bits per heavy atom. The summed E-state index contributed by atoms with van der Waals surface area (Å²) in [6.07, 6.45) is 41.1. The van der Waals surface area contributed by atoms with Crippen LogP contribution in [0.3, 0.4) is 0 Å². The SMILES string of the molecule is CCCCCCCCCCCCCCCCCCC(=O)OC[C@H](COC(=O)CCCCCCCCCCCCC(C)CC)OC(=O)CCCCCCC. The summed E-state index contributed by atoms with van der Waals surface area (Å²) in [5, 5.41) is 0. The minimum Gasteiger partial charge on any atom is -0.462 e. The van der Waals surface area contributed by atoms with Gasteiger partial charge in [-0.3, -0.25) is 14.4 Å². The Balaban J connectivity index is 4.12. The fourth-order valence-corrected chi connectivity index (χ4v) is 6.95. The molecular weight excluding hydrogens is 661 g/mol. The summed E-state index contributed by atoms with van der Waals surface area (Å²) >= 11 is 0. The van der Waals surface area contributed by atoms with E-state index >= 15 is 0 Å². The van der Waals surface area contributed by atoms with E-state index in [1.165, 1.54) is 148 Å². The summed E-state index contributed by atoms with van der Waals surface area (Å²) in [7, 11) is 0. The van der Waals surface area contributed by atoms with Gasteiger partial charge in [-0.1, -0.05) is 220 Å². The maximum Gasteiger partial charge on any atom is 0.306 e. The van der Waals surface area contributed by atoms with Gasteiger partial charge in [0.05, 0.1) is 0 Å². The number of esters is 3. The van der Waals surface area contributed by atoms with Crippen LogP contribution >= 0.6 is 0 Å². The monoisotopic (exact) mass is 751 g/mol. The predicted molar refractivity (Wildman–Crippen MR) is 224 cm³/mol. The lowest BCUT2D eigenvalue weighted by Crippen LogP contribution is -2.30. The second-order valence-corrected chi connectivity index (χ2v) is 16.3. The van der Waals surface area contributed by atoms with Crippen LogP contribution in [0.2, 0.25) is 0 Å². The fourth-order valence-electron chi connectivity index (χ4n) is 6.95. The van der Waals surface area contributed by atoms with Crippen LogP contribution in [-0.2, 0) is 28.6 Å². The van der Waals surface area contributed by atoms with E-state index in [1.807, 2.05) is 0 Å². The van der Waals surface area contributed by atoms with Crippen LogP contribution in [0.25, 0.3) is 0 Å². The minimum absolute atomic E-state index is 0.0651. The molecule has 0 N–H and O–H groups in total. The molecule has 53 heavy (non-hydrogen) atoms. The molecule has 0 saturated heterocycles. The van der Waals surface area contributed by atoms with Gasteiger partial charge in [0.25, 0.3) is 0 Å². The number of rotatable bonds is 42. The van der Waals surface area contributed by atoms with E-state index in [1.54, 1.807) is 0 Å². The Morgan fingerprint density at radius 1 is 0.377 bits per heavy atom. The average Bonchev–Trinajstić information content (AvgIpc) is 3.15. The van der Waals surface area contributed by atoms with Crippen LogP contribution in [-0.4, -0.2) is 37.2 Å². The zero-order chi connectivity index (χ0) is 38.9. The highest BCUT2D eigenvalue weighted by molar-refractivity contribution is 5.71. The molecule has 0 radical (unpaired) electrons. The molecule has 6 heteroatoms. The largest absolute Gasteiger partial charge is 0.462 e. The summed E-state index contributed by atoms with van der Waals surface area (Å²) in [6, 6.07) is 0. The van der Waals surface area contributed by atoms with Crippen molar-refractivity contribution in [2.45, 2.75) is 265 Å². The first kappa shape index (κ1) is 51.4. The molecule has 0 fully saturated rings. The summed E-state index contributed by atoms with van der Waals surface area (Å²) in [4.78, 5) is 37.5. The molecule has 0 saturated carbocycles. The second-order valence-electron chi connectivity index (χ2n) is 16.3. The molecule has 314 valence electrons. The van der Waals surface area contributed by atoms with Gasteiger partial charge in [-0.15, -0.1) is 0 Å². The second kappa shape index (κ2) is 41.6. The van der Waals surface area contributed by atoms with E-state index in [2.05, 4.69) is 27.7 Å². The van der Waals surface area contributed by atoms with Crippen LogP contribution in [0.15, 0.2) is 0 Å². The van der Waals surface area contributed by atoms with Crippen molar-refractivity contribution in [3.63, 3.8) is 0 Å². The van der Waals surface area contributed by atoms with Crippen molar-refractivity contribution < 1.29 is 28.6 Å². The van der Waals surface area contributed by atoms with Crippen molar-refractivity contribution in [2.75, 3.05) is 13.2 Å². The molecule has 0 spiro atoms. The lowest BCUT2D eigenvalue weighted by Gasteiger charge is -2.18. The van der Waals surface area contributed by atoms with Gasteiger partial charge in [-0.05, 0) is 25.2 Å². The quantitative estimate of drug-likeness (QED) is 0.0351. The lowest BCUT2D eigenvalue weighted by atomic mass is 9.99. The van der Waals surface area contributed by atoms with Gasteiger partial charge in [0.1, 0.15) is 13.2 Å². The van der Waals surface area contributed by atoms with Gasteiger partial charge in [0.2, 0.25) is 0 Å². The first-order chi connectivity index (χ1) is 25.9. The van der Waals surface area contributed by atoms with E-state index in [0.717, 1.165) is 70.1 Å². The highest BCUT2D eigenvalue weighted by Gasteiger charge is 2.19. The molecule has 0 aromatic carbocycles. The van der Waals surface area contributed by atoms with Crippen LogP contribution in [0.4, 0.5) is 0 Å². The third-order valence-corrected chi connectivity index (χ3v) is 10.9. The molecule has 0 aromatic heterocycles.